The number of rotatable bonds is 3. The van der Waals surface area contributed by atoms with Gasteiger partial charge in [0, 0.05) is 0 Å². The first-order valence-corrected chi connectivity index (χ1v) is 6.97. The number of nitrogens with one attached hydrogen (secondary N) is 1. The van der Waals surface area contributed by atoms with Gasteiger partial charge in [-0.05, 0) is 5.56 Å². The Hall–Kier alpha value is -1.22. The third kappa shape index (κ3) is 3.66. The van der Waals surface area contributed by atoms with Crippen molar-refractivity contribution in [1.82, 2.24) is 5.32 Å². The predicted molar refractivity (Wildman–Crippen MR) is 63.4 cm³/mol. The van der Waals surface area contributed by atoms with Crippen LogP contribution in [0, 0.1) is 0 Å². The molecule has 0 saturated carbocycles. The summed E-state index contributed by atoms with van der Waals surface area (Å²) >= 11 is 0. The molecule has 1 aromatic carbocycles. The van der Waals surface area contributed by atoms with Crippen LogP contribution in [0.2, 0.25) is 0 Å². The van der Waals surface area contributed by atoms with E-state index in [4.69, 9.17) is 0 Å². The van der Waals surface area contributed by atoms with Gasteiger partial charge in [0.05, 0.1) is 11.8 Å². The Morgan fingerprint density at radius 2 is 1.80 bits per heavy atom. The largest absolute Gasteiger partial charge is 1.00 e. The van der Waals surface area contributed by atoms with Crippen LogP contribution in [0.1, 0.15) is 5.56 Å². The molecule has 2 rings (SSSR count). The summed E-state index contributed by atoms with van der Waals surface area (Å²) in [6.45, 7) is 0. The Bertz CT molecular complexity index is 657. The monoisotopic (exact) mass is 304 g/mol. The molecule has 7 nitrogen and oxygen atoms in total. The van der Waals surface area contributed by atoms with Crippen LogP contribution in [0.25, 0.3) is 0 Å². The Balaban J connectivity index is 0.00000200. The van der Waals surface area contributed by atoms with E-state index in [1.54, 1.807) is 35.6 Å². The number of carbonyl (C=O) groups excluding carboxylic acids is 2. The molecule has 1 unspecified atom stereocenters. The normalized spacial score (nSPS) is 18.8. The van der Waals surface area contributed by atoms with Gasteiger partial charge in [-0.25, -0.2) is 13.4 Å². The van der Waals surface area contributed by atoms with Crippen LogP contribution in [0.15, 0.2) is 35.3 Å². The van der Waals surface area contributed by atoms with Gasteiger partial charge in [-0.3, -0.25) is 9.59 Å². The molecule has 1 N–H and O–H groups in total. The quantitative estimate of drug-likeness (QED) is 0.445. The van der Waals surface area contributed by atoms with Gasteiger partial charge in [0.25, 0.3) is 11.8 Å². The number of amidine groups is 1. The van der Waals surface area contributed by atoms with Gasteiger partial charge in [0.2, 0.25) is 5.25 Å². The molecule has 1 aromatic rings. The number of carbonyl (C=O) groups is 2. The summed E-state index contributed by atoms with van der Waals surface area (Å²) in [4.78, 5) is 25.8. The molecule has 20 heavy (non-hydrogen) atoms. The maximum Gasteiger partial charge on any atom is 1.00 e. The van der Waals surface area contributed by atoms with Gasteiger partial charge in [0.1, 0.15) is 0 Å². The van der Waals surface area contributed by atoms with E-state index in [-0.39, 0.29) is 29.6 Å². The zero-order valence-corrected chi connectivity index (χ0v) is 13.4. The molecule has 0 bridgehead atoms. The predicted octanol–water partition coefficient (Wildman–Crippen LogP) is -4.65. The van der Waals surface area contributed by atoms with Crippen LogP contribution >= 0.6 is 0 Å². The minimum atomic E-state index is -4.07. The van der Waals surface area contributed by atoms with Crippen molar-refractivity contribution >= 4 is 27.7 Å². The van der Waals surface area contributed by atoms with E-state index in [9.17, 15) is 23.1 Å². The van der Waals surface area contributed by atoms with Crippen LogP contribution in [0.3, 0.4) is 0 Å². The number of hydrogen-bond acceptors (Lipinski definition) is 5. The summed E-state index contributed by atoms with van der Waals surface area (Å²) in [7, 11) is -4.07. The molecule has 1 aliphatic heterocycles. The topological polar surface area (TPSA) is 116 Å². The number of sulfone groups is 1. The Labute approximate surface area is 137 Å². The SMILES string of the molecule is O=C1N=C([O-])NC(=O)C1S(=O)(=O)Cc1ccccc1.[Na+]. The maximum absolute atomic E-state index is 12.0. The van der Waals surface area contributed by atoms with Crippen LogP contribution in [0.4, 0.5) is 0 Å². The molecule has 0 saturated heterocycles. The average Bonchev–Trinajstić information content (AvgIpc) is 2.27. The fourth-order valence-corrected chi connectivity index (χ4v) is 3.25. The standard InChI is InChI=1S/C11H10N2O5S.Na/c14-9-8(10(15)13-11(16)12-9)19(17,18)6-7-4-2-1-3-5-7;/h1-5,8H,6H2,(H2,12,13,14,15,16);/q;+1/p-1. The molecular formula is C11H9N2NaO5S. The van der Waals surface area contributed by atoms with Crippen molar-refractivity contribution in [1.29, 1.82) is 0 Å². The molecule has 0 radical (unpaired) electrons. The summed E-state index contributed by atoms with van der Waals surface area (Å²) in [6, 6.07) is 6.98. The van der Waals surface area contributed by atoms with Gasteiger partial charge in [-0.2, -0.15) is 0 Å². The molecule has 1 atom stereocenters. The van der Waals surface area contributed by atoms with Gasteiger partial charge < -0.3 is 10.4 Å². The zero-order valence-electron chi connectivity index (χ0n) is 10.6. The molecule has 100 valence electrons. The first-order chi connectivity index (χ1) is 8.90. The molecule has 2 amide bonds. The summed E-state index contributed by atoms with van der Waals surface area (Å²) in [6.07, 6.45) is 0. The molecule has 1 aliphatic rings. The molecule has 1 heterocycles. The average molecular weight is 304 g/mol. The third-order valence-electron chi connectivity index (χ3n) is 2.47. The van der Waals surface area contributed by atoms with Gasteiger partial charge >= 0.3 is 29.6 Å². The van der Waals surface area contributed by atoms with E-state index in [2.05, 4.69) is 4.99 Å². The molecule has 0 aliphatic carbocycles. The summed E-state index contributed by atoms with van der Waals surface area (Å²) < 4.78 is 24.1. The van der Waals surface area contributed by atoms with Crippen molar-refractivity contribution in [2.45, 2.75) is 11.0 Å². The fourth-order valence-electron chi connectivity index (χ4n) is 1.68. The van der Waals surface area contributed by atoms with Crippen molar-refractivity contribution < 1.29 is 52.7 Å². The van der Waals surface area contributed by atoms with E-state index in [0.29, 0.717) is 5.56 Å². The first-order valence-electron chi connectivity index (χ1n) is 5.26. The third-order valence-corrected chi connectivity index (χ3v) is 4.34. The van der Waals surface area contributed by atoms with E-state index < -0.39 is 38.7 Å². The zero-order chi connectivity index (χ0) is 14.0. The van der Waals surface area contributed by atoms with Crippen molar-refractivity contribution in [3.05, 3.63) is 35.9 Å². The van der Waals surface area contributed by atoms with E-state index in [1.165, 1.54) is 0 Å². The number of hydrogen-bond donors (Lipinski definition) is 1. The number of amides is 2. The van der Waals surface area contributed by atoms with Gasteiger partial charge in [-0.15, -0.1) is 0 Å². The van der Waals surface area contributed by atoms with Crippen molar-refractivity contribution in [3.8, 4) is 0 Å². The fraction of sp³-hybridized carbons (Fsp3) is 0.182. The summed E-state index contributed by atoms with van der Waals surface area (Å²) in [5.41, 5.74) is 0.444. The van der Waals surface area contributed by atoms with Crippen LogP contribution in [-0.4, -0.2) is 31.5 Å². The van der Waals surface area contributed by atoms with Crippen LogP contribution < -0.4 is 40.0 Å². The molecule has 0 aromatic heterocycles. The number of benzene rings is 1. The van der Waals surface area contributed by atoms with Gasteiger partial charge in [-0.1, -0.05) is 30.3 Å². The molecule has 9 heteroatoms. The molecule has 0 fully saturated rings. The smallest absolute Gasteiger partial charge is 0.846 e. The van der Waals surface area contributed by atoms with Gasteiger partial charge in [0.15, 0.2) is 9.84 Å². The Morgan fingerprint density at radius 1 is 1.20 bits per heavy atom. The maximum atomic E-state index is 12.0. The second-order valence-electron chi connectivity index (χ2n) is 3.92. The summed E-state index contributed by atoms with van der Waals surface area (Å²) in [5.74, 6) is -2.87. The number of nitrogens with zero attached hydrogens (tertiary/aromatic N) is 1. The molecule has 0 spiro atoms. The molecular weight excluding hydrogens is 295 g/mol. The minimum absolute atomic E-state index is 0. The number of aliphatic imine (C=N–C) groups is 1. The Kier molecular flexibility index (Phi) is 5.46. The van der Waals surface area contributed by atoms with E-state index >= 15 is 0 Å². The van der Waals surface area contributed by atoms with E-state index in [0.717, 1.165) is 0 Å². The Morgan fingerprint density at radius 3 is 2.35 bits per heavy atom. The van der Waals surface area contributed by atoms with Crippen molar-refractivity contribution in [3.63, 3.8) is 0 Å². The van der Waals surface area contributed by atoms with Crippen LogP contribution in [-0.2, 0) is 25.2 Å². The second-order valence-corrected chi connectivity index (χ2v) is 6.00. The second kappa shape index (κ2) is 6.49. The minimum Gasteiger partial charge on any atom is -0.846 e. The van der Waals surface area contributed by atoms with Crippen molar-refractivity contribution in [2.75, 3.05) is 0 Å². The van der Waals surface area contributed by atoms with Crippen molar-refractivity contribution in [2.24, 2.45) is 4.99 Å². The van der Waals surface area contributed by atoms with Crippen LogP contribution in [0.5, 0.6) is 0 Å². The van der Waals surface area contributed by atoms with E-state index in [1.807, 2.05) is 0 Å². The summed E-state index contributed by atoms with van der Waals surface area (Å²) in [5, 5.41) is 10.6. The first kappa shape index (κ1) is 16.8.